The number of hydrogen-bond donors (Lipinski definition) is 4. The van der Waals surface area contributed by atoms with Crippen LogP contribution in [-0.2, 0) is 10.1 Å². The van der Waals surface area contributed by atoms with Crippen LogP contribution in [0.1, 0.15) is 24.5 Å². The Balaban J connectivity index is 0.00000126. The molecular weight excluding hydrogens is 378 g/mol. The largest absolute Gasteiger partial charge is 0.505 e. The van der Waals surface area contributed by atoms with Gasteiger partial charge >= 0.3 is 5.97 Å². The zero-order valence-corrected chi connectivity index (χ0v) is 15.0. The summed E-state index contributed by atoms with van der Waals surface area (Å²) in [6.45, 7) is 4.00. The molecule has 3 rings (SSSR count). The molecule has 3 aromatic rings. The van der Waals surface area contributed by atoms with Crippen molar-refractivity contribution in [1.82, 2.24) is 15.2 Å². The van der Waals surface area contributed by atoms with Crippen LogP contribution in [-0.4, -0.2) is 44.3 Å². The molecule has 0 unspecified atom stereocenters. The average molecular weight is 393 g/mol. The molecule has 2 aromatic carbocycles. The number of carboxylic acids is 1. The quantitative estimate of drug-likeness (QED) is 0.385. The third-order valence-electron chi connectivity index (χ3n) is 3.16. The van der Waals surface area contributed by atoms with Crippen molar-refractivity contribution in [3.05, 3.63) is 36.2 Å². The van der Waals surface area contributed by atoms with Crippen molar-refractivity contribution in [2.45, 2.75) is 18.7 Å². The van der Waals surface area contributed by atoms with Crippen LogP contribution in [0, 0.1) is 0 Å². The normalized spacial score (nSPS) is 11.4. The van der Waals surface area contributed by atoms with Crippen molar-refractivity contribution < 1.29 is 28.0 Å². The third-order valence-corrected chi connectivity index (χ3v) is 4.05. The number of aromatic nitrogens is 3. The van der Waals surface area contributed by atoms with Crippen molar-refractivity contribution in [1.29, 1.82) is 0 Å². The number of rotatable bonds is 4. The second-order valence-electron chi connectivity index (χ2n) is 4.75. The summed E-state index contributed by atoms with van der Waals surface area (Å²) in [5.74, 6) is -2.52. The summed E-state index contributed by atoms with van der Waals surface area (Å²) >= 11 is 0. The first kappa shape index (κ1) is 19.9. The van der Waals surface area contributed by atoms with Gasteiger partial charge in [0.2, 0.25) is 5.82 Å². The van der Waals surface area contributed by atoms with Crippen LogP contribution in [0.3, 0.4) is 0 Å². The second-order valence-corrected chi connectivity index (χ2v) is 6.14. The molecule has 0 saturated carbocycles. The number of phenols is 1. The number of H-pyrrole nitrogens is 1. The van der Waals surface area contributed by atoms with Gasteiger partial charge in [0.1, 0.15) is 10.6 Å². The Labute approximate surface area is 153 Å². The van der Waals surface area contributed by atoms with E-state index in [-0.39, 0.29) is 28.2 Å². The molecule has 0 aliphatic rings. The molecule has 0 spiro atoms. The van der Waals surface area contributed by atoms with E-state index in [9.17, 15) is 22.9 Å². The molecule has 0 bridgehead atoms. The number of benzene rings is 2. The smallest absolute Gasteiger partial charge is 0.373 e. The van der Waals surface area contributed by atoms with Crippen molar-refractivity contribution in [3.8, 4) is 5.75 Å². The number of phenolic OH excluding ortho intramolecular Hbond substituents is 1. The van der Waals surface area contributed by atoms with E-state index in [0.717, 1.165) is 6.07 Å². The lowest BCUT2D eigenvalue weighted by Crippen LogP contribution is -1.99. The predicted octanol–water partition coefficient (Wildman–Crippen LogP) is 3.05. The van der Waals surface area contributed by atoms with E-state index < -0.39 is 26.8 Å². The first-order valence-corrected chi connectivity index (χ1v) is 9.01. The number of aromatic amines is 1. The van der Waals surface area contributed by atoms with Gasteiger partial charge in [0.25, 0.3) is 16.1 Å². The number of carboxylic acid groups (broad SMARTS) is 1. The van der Waals surface area contributed by atoms with Crippen LogP contribution in [0.5, 0.6) is 5.75 Å². The maximum Gasteiger partial charge on any atom is 0.373 e. The van der Waals surface area contributed by atoms with Crippen LogP contribution in [0.15, 0.2) is 45.5 Å². The highest BCUT2D eigenvalue weighted by Crippen LogP contribution is 2.39. The number of aromatic hydroxyl groups is 1. The molecule has 0 amide bonds. The SMILES string of the molecule is CC.O=C(O)c1nc(N=Nc2cc(S(=O)(=O)O)c3ccccc3c2O)n[nH]1. The third kappa shape index (κ3) is 4.24. The molecule has 0 aliphatic heterocycles. The summed E-state index contributed by atoms with van der Waals surface area (Å²) in [7, 11) is -4.59. The van der Waals surface area contributed by atoms with Gasteiger partial charge in [-0.05, 0) is 6.07 Å². The van der Waals surface area contributed by atoms with E-state index in [1.165, 1.54) is 12.1 Å². The van der Waals surface area contributed by atoms with E-state index in [2.05, 4.69) is 25.4 Å². The van der Waals surface area contributed by atoms with Gasteiger partial charge in [-0.3, -0.25) is 9.65 Å². The van der Waals surface area contributed by atoms with E-state index in [4.69, 9.17) is 5.11 Å². The zero-order chi connectivity index (χ0) is 20.2. The number of nitrogens with zero attached hydrogens (tertiary/aromatic N) is 4. The molecule has 11 nitrogen and oxygen atoms in total. The summed E-state index contributed by atoms with van der Waals surface area (Å²) in [6, 6.07) is 6.88. The van der Waals surface area contributed by atoms with Gasteiger partial charge < -0.3 is 10.2 Å². The van der Waals surface area contributed by atoms with Crippen molar-refractivity contribution in [2.24, 2.45) is 10.2 Å². The van der Waals surface area contributed by atoms with Crippen LogP contribution < -0.4 is 0 Å². The van der Waals surface area contributed by atoms with E-state index in [1.807, 2.05) is 13.8 Å². The van der Waals surface area contributed by atoms with Crippen molar-refractivity contribution >= 4 is 38.5 Å². The Morgan fingerprint density at radius 3 is 2.33 bits per heavy atom. The topological polar surface area (TPSA) is 178 Å². The number of nitrogens with one attached hydrogen (secondary N) is 1. The van der Waals surface area contributed by atoms with E-state index >= 15 is 0 Å². The van der Waals surface area contributed by atoms with E-state index in [0.29, 0.717) is 0 Å². The number of fused-ring (bicyclic) bond motifs is 1. The maximum absolute atomic E-state index is 11.6. The van der Waals surface area contributed by atoms with Crippen LogP contribution >= 0.6 is 0 Å². The maximum atomic E-state index is 11.6. The lowest BCUT2D eigenvalue weighted by molar-refractivity contribution is 0.0684. The van der Waals surface area contributed by atoms with Crippen LogP contribution in [0.4, 0.5) is 11.6 Å². The molecule has 27 heavy (non-hydrogen) atoms. The van der Waals surface area contributed by atoms with Gasteiger partial charge in [0.15, 0.2) is 5.75 Å². The van der Waals surface area contributed by atoms with Crippen molar-refractivity contribution in [2.75, 3.05) is 0 Å². The van der Waals surface area contributed by atoms with Crippen LogP contribution in [0.25, 0.3) is 10.8 Å². The molecule has 1 heterocycles. The second kappa shape index (κ2) is 7.88. The highest BCUT2D eigenvalue weighted by Gasteiger charge is 2.19. The van der Waals surface area contributed by atoms with Gasteiger partial charge in [-0.2, -0.15) is 13.4 Å². The Bertz CT molecular complexity index is 1120. The standard InChI is InChI=1S/C13H9N5O6S.C2H6/c19-10-7-4-2-1-3-6(7)9(25(22,23)24)5-8(10)15-17-13-14-11(12(20)21)16-18-13;1-2/h1-5,19H,(H,20,21)(H,14,16,18)(H,22,23,24);1-2H3. The van der Waals surface area contributed by atoms with Gasteiger partial charge in [0.05, 0.1) is 0 Å². The summed E-state index contributed by atoms with van der Waals surface area (Å²) in [5.41, 5.74) is -0.270. The minimum absolute atomic E-state index is 0.104. The molecule has 0 atom stereocenters. The van der Waals surface area contributed by atoms with Gasteiger partial charge in [-0.25, -0.2) is 4.79 Å². The Kier molecular flexibility index (Phi) is 5.82. The highest BCUT2D eigenvalue weighted by molar-refractivity contribution is 7.86. The molecule has 142 valence electrons. The first-order valence-electron chi connectivity index (χ1n) is 7.57. The summed E-state index contributed by atoms with van der Waals surface area (Å²) in [6.07, 6.45) is 0. The number of azo groups is 1. The molecule has 4 N–H and O–H groups in total. The zero-order valence-electron chi connectivity index (χ0n) is 14.2. The lowest BCUT2D eigenvalue weighted by atomic mass is 10.1. The number of hydrogen-bond acceptors (Lipinski definition) is 8. The molecule has 1 aromatic heterocycles. The fraction of sp³-hybridized carbons (Fsp3) is 0.133. The fourth-order valence-electron chi connectivity index (χ4n) is 2.09. The van der Waals surface area contributed by atoms with Gasteiger partial charge in [-0.1, -0.05) is 38.1 Å². The Morgan fingerprint density at radius 1 is 1.15 bits per heavy atom. The van der Waals surface area contributed by atoms with Gasteiger partial charge in [0, 0.05) is 10.8 Å². The van der Waals surface area contributed by atoms with Crippen molar-refractivity contribution in [3.63, 3.8) is 0 Å². The molecule has 0 fully saturated rings. The Hall–Kier alpha value is -3.38. The fourth-order valence-corrected chi connectivity index (χ4v) is 2.81. The monoisotopic (exact) mass is 393 g/mol. The van der Waals surface area contributed by atoms with E-state index in [1.54, 1.807) is 12.1 Å². The molecule has 12 heteroatoms. The summed E-state index contributed by atoms with van der Waals surface area (Å²) < 4.78 is 32.5. The summed E-state index contributed by atoms with van der Waals surface area (Å²) in [5, 5.41) is 32.0. The Morgan fingerprint density at radius 2 is 1.78 bits per heavy atom. The van der Waals surface area contributed by atoms with Gasteiger partial charge in [-0.15, -0.1) is 15.3 Å². The molecular formula is C15H15N5O6S. The number of carbonyl (C=O) groups is 1. The lowest BCUT2D eigenvalue weighted by Gasteiger charge is -2.07. The minimum atomic E-state index is -4.59. The molecule has 0 aliphatic carbocycles. The first-order chi connectivity index (χ1) is 12.8. The highest BCUT2D eigenvalue weighted by atomic mass is 32.2. The average Bonchev–Trinajstić information content (AvgIpc) is 3.11. The summed E-state index contributed by atoms with van der Waals surface area (Å²) in [4.78, 5) is 13.8. The predicted molar refractivity (Wildman–Crippen MR) is 94.3 cm³/mol. The molecule has 0 radical (unpaired) electrons. The number of aromatic carboxylic acids is 1. The molecule has 0 saturated heterocycles. The van der Waals surface area contributed by atoms with Crippen LogP contribution in [0.2, 0.25) is 0 Å². The minimum Gasteiger partial charge on any atom is -0.505 e.